The van der Waals surface area contributed by atoms with E-state index in [0.717, 1.165) is 37.4 Å². The number of carbonyl (C=O) groups is 1. The summed E-state index contributed by atoms with van der Waals surface area (Å²) in [7, 11) is 0. The molecule has 0 saturated carbocycles. The molecule has 9 heteroatoms. The second-order valence-corrected chi connectivity index (χ2v) is 8.57. The van der Waals surface area contributed by atoms with Crippen molar-refractivity contribution in [1.82, 2.24) is 20.2 Å². The van der Waals surface area contributed by atoms with E-state index in [2.05, 4.69) is 25.1 Å². The van der Waals surface area contributed by atoms with Gasteiger partial charge in [0, 0.05) is 44.8 Å². The molecule has 1 aliphatic heterocycles. The first-order valence-electron chi connectivity index (χ1n) is 10.3. The Labute approximate surface area is 190 Å². The minimum atomic E-state index is -0.262. The molecule has 3 aromatic rings. The molecule has 0 unspecified atom stereocenters. The molecule has 1 fully saturated rings. The van der Waals surface area contributed by atoms with Gasteiger partial charge in [0.2, 0.25) is 5.91 Å². The molecule has 0 aliphatic carbocycles. The van der Waals surface area contributed by atoms with Gasteiger partial charge in [-0.05, 0) is 37.3 Å². The van der Waals surface area contributed by atoms with Gasteiger partial charge in [-0.3, -0.25) is 9.69 Å². The largest absolute Gasteiger partial charge is 0.369 e. The predicted molar refractivity (Wildman–Crippen MR) is 122 cm³/mol. The third kappa shape index (κ3) is 5.29. The summed E-state index contributed by atoms with van der Waals surface area (Å²) in [6.45, 7) is 5.86. The second-order valence-electron chi connectivity index (χ2n) is 7.75. The average Bonchev–Trinajstić information content (AvgIpc) is 3.16. The first-order chi connectivity index (χ1) is 14.9. The lowest BCUT2D eigenvalue weighted by Crippen LogP contribution is -2.47. The van der Waals surface area contributed by atoms with E-state index in [-0.39, 0.29) is 17.8 Å². The number of aromatic amines is 1. The van der Waals surface area contributed by atoms with Gasteiger partial charge in [0.1, 0.15) is 11.6 Å². The second kappa shape index (κ2) is 9.42. The number of rotatable bonds is 6. The number of nitrogens with zero attached hydrogens (tertiary/aromatic N) is 3. The van der Waals surface area contributed by atoms with Crippen molar-refractivity contribution in [3.05, 3.63) is 58.1 Å². The molecule has 0 spiro atoms. The molecule has 1 aliphatic rings. The molecule has 1 aromatic heterocycles. The zero-order valence-corrected chi connectivity index (χ0v) is 18.7. The van der Waals surface area contributed by atoms with E-state index >= 15 is 0 Å². The number of carbonyl (C=O) groups excluding carboxylic acids is 1. The minimum Gasteiger partial charge on any atom is -0.369 e. The summed E-state index contributed by atoms with van der Waals surface area (Å²) in [6, 6.07) is 9.84. The quantitative estimate of drug-likeness (QED) is 0.568. The van der Waals surface area contributed by atoms with Crippen molar-refractivity contribution in [1.29, 1.82) is 0 Å². The highest BCUT2D eigenvalue weighted by atomic mass is 35.5. The van der Waals surface area contributed by atoms with E-state index in [1.165, 1.54) is 6.07 Å². The van der Waals surface area contributed by atoms with Crippen LogP contribution >= 0.6 is 23.2 Å². The lowest BCUT2D eigenvalue weighted by atomic mass is 10.2. The lowest BCUT2D eigenvalue weighted by Gasteiger charge is -2.36. The number of hydrogen-bond acceptors (Lipinski definition) is 4. The van der Waals surface area contributed by atoms with Gasteiger partial charge < -0.3 is 15.2 Å². The Kier molecular flexibility index (Phi) is 6.65. The molecule has 4 rings (SSSR count). The van der Waals surface area contributed by atoms with E-state index in [1.807, 2.05) is 13.0 Å². The minimum absolute atomic E-state index is 0.0309. The van der Waals surface area contributed by atoms with Crippen LogP contribution in [0.5, 0.6) is 0 Å². The van der Waals surface area contributed by atoms with Crippen LogP contribution in [-0.2, 0) is 4.79 Å². The summed E-state index contributed by atoms with van der Waals surface area (Å²) >= 11 is 12.1. The Hall–Kier alpha value is -2.35. The summed E-state index contributed by atoms with van der Waals surface area (Å²) in [6.07, 6.45) is 0.405. The van der Waals surface area contributed by atoms with Crippen LogP contribution in [0, 0.1) is 5.82 Å². The van der Waals surface area contributed by atoms with Crippen molar-refractivity contribution in [3.8, 4) is 0 Å². The average molecular weight is 464 g/mol. The van der Waals surface area contributed by atoms with Gasteiger partial charge in [0.05, 0.1) is 27.1 Å². The van der Waals surface area contributed by atoms with Crippen LogP contribution in [0.4, 0.5) is 10.1 Å². The van der Waals surface area contributed by atoms with E-state index in [9.17, 15) is 9.18 Å². The fraction of sp³-hybridized carbons (Fsp3) is 0.364. The van der Waals surface area contributed by atoms with Gasteiger partial charge in [-0.2, -0.15) is 0 Å². The molecule has 1 atom stereocenters. The first-order valence-corrected chi connectivity index (χ1v) is 11.0. The number of imidazole rings is 1. The lowest BCUT2D eigenvalue weighted by molar-refractivity contribution is -0.122. The number of halogens is 3. The molecule has 0 radical (unpaired) electrons. The number of hydrogen-bond donors (Lipinski definition) is 2. The fourth-order valence-corrected chi connectivity index (χ4v) is 4.10. The molecule has 2 aromatic carbocycles. The monoisotopic (exact) mass is 463 g/mol. The molecule has 1 saturated heterocycles. The highest BCUT2D eigenvalue weighted by molar-refractivity contribution is 6.42. The van der Waals surface area contributed by atoms with Gasteiger partial charge >= 0.3 is 0 Å². The SMILES string of the molecule is C[C@H](NC(=O)CCN1CCN(c2cccc(F)c2)CC1)c1nc2cc(Cl)c(Cl)cc2[nH]1. The van der Waals surface area contributed by atoms with Crippen LogP contribution in [0.3, 0.4) is 0 Å². The number of fused-ring (bicyclic) bond motifs is 1. The molecule has 6 nitrogen and oxygen atoms in total. The normalized spacial score (nSPS) is 15.9. The smallest absolute Gasteiger partial charge is 0.221 e. The van der Waals surface area contributed by atoms with E-state index in [1.54, 1.807) is 24.3 Å². The number of benzene rings is 2. The zero-order chi connectivity index (χ0) is 22.0. The molecule has 164 valence electrons. The van der Waals surface area contributed by atoms with E-state index < -0.39 is 0 Å². The van der Waals surface area contributed by atoms with Gasteiger partial charge in [-0.25, -0.2) is 9.37 Å². The Balaban J connectivity index is 1.25. The summed E-state index contributed by atoms with van der Waals surface area (Å²) in [5.74, 6) is 0.406. The number of nitrogens with one attached hydrogen (secondary N) is 2. The zero-order valence-electron chi connectivity index (χ0n) is 17.2. The van der Waals surface area contributed by atoms with Crippen molar-refractivity contribution in [2.24, 2.45) is 0 Å². The number of aromatic nitrogens is 2. The molecule has 0 bridgehead atoms. The highest BCUT2D eigenvalue weighted by Crippen LogP contribution is 2.27. The predicted octanol–water partition coefficient (Wildman–Crippen LogP) is 4.40. The summed E-state index contributed by atoms with van der Waals surface area (Å²) in [5.41, 5.74) is 2.39. The van der Waals surface area contributed by atoms with Gasteiger partial charge in [0.25, 0.3) is 0 Å². The molecule has 31 heavy (non-hydrogen) atoms. The Morgan fingerprint density at radius 2 is 1.94 bits per heavy atom. The van der Waals surface area contributed by atoms with Gasteiger partial charge in [0.15, 0.2) is 0 Å². The van der Waals surface area contributed by atoms with Gasteiger partial charge in [-0.1, -0.05) is 29.3 Å². The topological polar surface area (TPSA) is 64.3 Å². The van der Waals surface area contributed by atoms with E-state index in [4.69, 9.17) is 23.2 Å². The van der Waals surface area contributed by atoms with Crippen molar-refractivity contribution < 1.29 is 9.18 Å². The summed E-state index contributed by atoms with van der Waals surface area (Å²) in [4.78, 5) is 24.6. The summed E-state index contributed by atoms with van der Waals surface area (Å²) in [5, 5.41) is 3.89. The van der Waals surface area contributed by atoms with Crippen molar-refractivity contribution in [2.75, 3.05) is 37.6 Å². The van der Waals surface area contributed by atoms with Crippen LogP contribution in [0.1, 0.15) is 25.2 Å². The molecular formula is C22H24Cl2FN5O. The molecule has 1 amide bonds. The molecule has 2 N–H and O–H groups in total. The Morgan fingerprint density at radius 1 is 1.19 bits per heavy atom. The third-order valence-corrected chi connectivity index (χ3v) is 6.25. The maximum absolute atomic E-state index is 13.4. The highest BCUT2D eigenvalue weighted by Gasteiger charge is 2.19. The maximum atomic E-state index is 13.4. The van der Waals surface area contributed by atoms with Crippen molar-refractivity contribution in [2.45, 2.75) is 19.4 Å². The Morgan fingerprint density at radius 3 is 2.68 bits per heavy atom. The number of piperazine rings is 1. The van der Waals surface area contributed by atoms with E-state index in [0.29, 0.717) is 34.4 Å². The fourth-order valence-electron chi connectivity index (χ4n) is 3.77. The third-order valence-electron chi connectivity index (χ3n) is 5.53. The van der Waals surface area contributed by atoms with Crippen LogP contribution in [0.2, 0.25) is 10.0 Å². The molecular weight excluding hydrogens is 440 g/mol. The number of anilines is 1. The van der Waals surface area contributed by atoms with Crippen LogP contribution in [0.25, 0.3) is 11.0 Å². The first kappa shape index (κ1) is 21.9. The maximum Gasteiger partial charge on any atom is 0.221 e. The number of amides is 1. The molecule has 2 heterocycles. The van der Waals surface area contributed by atoms with Crippen molar-refractivity contribution in [3.63, 3.8) is 0 Å². The van der Waals surface area contributed by atoms with Crippen LogP contribution in [0.15, 0.2) is 36.4 Å². The standard InChI is InChI=1S/C22H24Cl2FN5O/c1-14(22-27-19-12-17(23)18(24)13-20(19)28-22)26-21(31)5-6-29-7-9-30(10-8-29)16-4-2-3-15(25)11-16/h2-4,11-14H,5-10H2,1H3,(H,26,31)(H,27,28)/t14-/m0/s1. The summed E-state index contributed by atoms with van der Waals surface area (Å²) < 4.78 is 13.4. The van der Waals surface area contributed by atoms with Crippen LogP contribution < -0.4 is 10.2 Å². The van der Waals surface area contributed by atoms with Crippen molar-refractivity contribution >= 4 is 45.8 Å². The van der Waals surface area contributed by atoms with Gasteiger partial charge in [-0.15, -0.1) is 0 Å². The number of H-pyrrole nitrogens is 1. The Bertz CT molecular complexity index is 1040. The van der Waals surface area contributed by atoms with Crippen LogP contribution in [-0.4, -0.2) is 53.5 Å².